The van der Waals surface area contributed by atoms with Gasteiger partial charge in [0.05, 0.1) is 0 Å². The van der Waals surface area contributed by atoms with Crippen molar-refractivity contribution in [3.63, 3.8) is 0 Å². The van der Waals surface area contributed by atoms with Crippen LogP contribution in [0.15, 0.2) is 11.6 Å². The maximum atomic E-state index is 8.93. The highest BCUT2D eigenvalue weighted by Gasteiger charge is 2.59. The molecule has 0 aromatic heterocycles. The van der Waals surface area contributed by atoms with Gasteiger partial charge in [0.2, 0.25) is 0 Å². The van der Waals surface area contributed by atoms with Crippen LogP contribution in [-0.2, 0) is 0 Å². The Morgan fingerprint density at radius 2 is 1.54 bits per heavy atom. The Morgan fingerprint density at radius 1 is 0.811 bits per heavy atom. The Labute approximate surface area is 232 Å². The first kappa shape index (κ1) is 29.7. The average molecular weight is 513 g/mol. The van der Waals surface area contributed by atoms with Gasteiger partial charge in [0.1, 0.15) is 0 Å². The minimum Gasteiger partial charge on any atom is -0.396 e. The highest BCUT2D eigenvalue weighted by Crippen LogP contribution is 2.67. The summed E-state index contributed by atoms with van der Waals surface area (Å²) in [5.41, 5.74) is 3.04. The standard InChI is InChI=1S/C36H64O/c1-27(2)14-13-15-28(3)32-19-20-33-31-18-17-30-26-29(16-11-9-7-6-8-10-12-25-37)21-23-35(30,4)34(31)22-24-36(32,33)5/h17,27-29,31-34,37H,6-16,18-26H2,1-5H3/t28-,29+,31+,32-,33?,34?,35+,36-/m1/s1. The minimum atomic E-state index is 0.371. The molecule has 0 aromatic carbocycles. The molecule has 0 saturated heterocycles. The van der Waals surface area contributed by atoms with Gasteiger partial charge in [0.25, 0.3) is 0 Å². The first-order valence-electron chi connectivity index (χ1n) is 17.1. The van der Waals surface area contributed by atoms with Crippen molar-refractivity contribution in [3.05, 3.63) is 11.6 Å². The van der Waals surface area contributed by atoms with Crippen molar-refractivity contribution in [2.75, 3.05) is 6.61 Å². The zero-order valence-corrected chi connectivity index (χ0v) is 25.7. The van der Waals surface area contributed by atoms with E-state index < -0.39 is 0 Å². The number of aliphatic hydroxyl groups is 1. The second-order valence-corrected chi connectivity index (χ2v) is 15.4. The van der Waals surface area contributed by atoms with Crippen LogP contribution in [0.2, 0.25) is 0 Å². The van der Waals surface area contributed by atoms with Crippen molar-refractivity contribution in [2.24, 2.45) is 52.3 Å². The fraction of sp³-hybridized carbons (Fsp3) is 0.944. The molecule has 37 heavy (non-hydrogen) atoms. The molecule has 1 N–H and O–H groups in total. The van der Waals surface area contributed by atoms with E-state index in [-0.39, 0.29) is 0 Å². The molecule has 214 valence electrons. The van der Waals surface area contributed by atoms with E-state index in [1.165, 1.54) is 116 Å². The first-order chi connectivity index (χ1) is 17.8. The average Bonchev–Trinajstić information content (AvgIpc) is 3.22. The molecular formula is C36H64O. The molecule has 3 saturated carbocycles. The van der Waals surface area contributed by atoms with Crippen molar-refractivity contribution in [2.45, 2.75) is 157 Å². The molecule has 4 aliphatic rings. The second-order valence-electron chi connectivity index (χ2n) is 15.4. The number of fused-ring (bicyclic) bond motifs is 5. The van der Waals surface area contributed by atoms with Crippen molar-refractivity contribution in [1.29, 1.82) is 0 Å². The predicted molar refractivity (Wildman–Crippen MR) is 161 cm³/mol. The Morgan fingerprint density at radius 3 is 2.27 bits per heavy atom. The predicted octanol–water partition coefficient (Wildman–Crippen LogP) is 10.8. The lowest BCUT2D eigenvalue weighted by atomic mass is 9.46. The van der Waals surface area contributed by atoms with Crippen LogP contribution in [0, 0.1) is 52.3 Å². The molecular weight excluding hydrogens is 448 g/mol. The highest BCUT2D eigenvalue weighted by molar-refractivity contribution is 5.25. The molecule has 0 spiro atoms. The van der Waals surface area contributed by atoms with Gasteiger partial charge in [-0.1, -0.05) is 110 Å². The monoisotopic (exact) mass is 512 g/mol. The number of hydrogen-bond donors (Lipinski definition) is 1. The van der Waals surface area contributed by atoms with Crippen LogP contribution in [-0.4, -0.2) is 11.7 Å². The number of hydrogen-bond acceptors (Lipinski definition) is 1. The largest absolute Gasteiger partial charge is 0.396 e. The minimum absolute atomic E-state index is 0.371. The van der Waals surface area contributed by atoms with E-state index in [2.05, 4.69) is 40.7 Å². The normalized spacial score (nSPS) is 38.1. The Kier molecular flexibility index (Phi) is 10.7. The fourth-order valence-electron chi connectivity index (χ4n) is 10.4. The van der Waals surface area contributed by atoms with Crippen LogP contribution in [0.3, 0.4) is 0 Å². The quantitative estimate of drug-likeness (QED) is 0.181. The summed E-state index contributed by atoms with van der Waals surface area (Å²) in [6, 6.07) is 0. The third-order valence-electron chi connectivity index (χ3n) is 12.7. The van der Waals surface area contributed by atoms with E-state index in [0.29, 0.717) is 17.4 Å². The Balaban J connectivity index is 1.29. The van der Waals surface area contributed by atoms with E-state index in [0.717, 1.165) is 47.8 Å². The van der Waals surface area contributed by atoms with Crippen LogP contribution in [0.4, 0.5) is 0 Å². The first-order valence-corrected chi connectivity index (χ1v) is 17.1. The topological polar surface area (TPSA) is 20.2 Å². The number of unbranched alkanes of at least 4 members (excludes halogenated alkanes) is 6. The van der Waals surface area contributed by atoms with E-state index in [1.54, 1.807) is 0 Å². The molecule has 8 atom stereocenters. The van der Waals surface area contributed by atoms with E-state index in [4.69, 9.17) is 5.11 Å². The van der Waals surface area contributed by atoms with Gasteiger partial charge in [-0.2, -0.15) is 0 Å². The Bertz CT molecular complexity index is 722. The van der Waals surface area contributed by atoms with Crippen molar-refractivity contribution < 1.29 is 5.11 Å². The molecule has 0 radical (unpaired) electrons. The van der Waals surface area contributed by atoms with E-state index >= 15 is 0 Å². The lowest BCUT2D eigenvalue weighted by molar-refractivity contribution is -0.0529. The summed E-state index contributed by atoms with van der Waals surface area (Å²) in [5.74, 6) is 6.67. The van der Waals surface area contributed by atoms with E-state index in [1.807, 2.05) is 5.57 Å². The van der Waals surface area contributed by atoms with Gasteiger partial charge in [-0.25, -0.2) is 0 Å². The molecule has 3 fully saturated rings. The molecule has 1 heteroatoms. The van der Waals surface area contributed by atoms with Crippen LogP contribution in [0.25, 0.3) is 0 Å². The van der Waals surface area contributed by atoms with Crippen molar-refractivity contribution in [3.8, 4) is 0 Å². The zero-order chi connectivity index (χ0) is 26.5. The summed E-state index contributed by atoms with van der Waals surface area (Å²) in [6.07, 6.45) is 29.6. The lowest BCUT2D eigenvalue weighted by Gasteiger charge is -2.58. The number of aliphatic hydroxyl groups excluding tert-OH is 1. The maximum absolute atomic E-state index is 8.93. The van der Waals surface area contributed by atoms with Gasteiger partial charge < -0.3 is 5.11 Å². The number of rotatable bonds is 14. The molecule has 0 amide bonds. The second kappa shape index (κ2) is 13.4. The maximum Gasteiger partial charge on any atom is 0.0431 e. The van der Waals surface area contributed by atoms with Crippen LogP contribution in [0.1, 0.15) is 157 Å². The van der Waals surface area contributed by atoms with Gasteiger partial charge in [-0.3, -0.25) is 0 Å². The number of allylic oxidation sites excluding steroid dienone is 2. The SMILES string of the molecule is CC(C)CCC[C@@H](C)[C@H]1CCC2[C@@H]3CC=C4C[C@@H](CCCCCCCCCO)CC[C@]4(C)C3CC[C@@]21C. The van der Waals surface area contributed by atoms with Crippen LogP contribution < -0.4 is 0 Å². The summed E-state index contributed by atoms with van der Waals surface area (Å²) in [6.45, 7) is 13.2. The Hall–Kier alpha value is -0.300. The summed E-state index contributed by atoms with van der Waals surface area (Å²) >= 11 is 0. The molecule has 1 nitrogen and oxygen atoms in total. The van der Waals surface area contributed by atoms with Crippen molar-refractivity contribution >= 4 is 0 Å². The molecule has 0 bridgehead atoms. The third-order valence-corrected chi connectivity index (χ3v) is 12.7. The fourth-order valence-corrected chi connectivity index (χ4v) is 10.4. The van der Waals surface area contributed by atoms with Gasteiger partial charge >= 0.3 is 0 Å². The summed E-state index contributed by atoms with van der Waals surface area (Å²) in [5, 5.41) is 8.93. The van der Waals surface area contributed by atoms with Crippen LogP contribution >= 0.6 is 0 Å². The van der Waals surface area contributed by atoms with Gasteiger partial charge in [0, 0.05) is 6.61 Å². The summed E-state index contributed by atoms with van der Waals surface area (Å²) in [7, 11) is 0. The third kappa shape index (κ3) is 6.72. The highest BCUT2D eigenvalue weighted by atomic mass is 16.2. The van der Waals surface area contributed by atoms with Crippen LogP contribution in [0.5, 0.6) is 0 Å². The van der Waals surface area contributed by atoms with Gasteiger partial charge in [-0.05, 0) is 110 Å². The van der Waals surface area contributed by atoms with Gasteiger partial charge in [-0.15, -0.1) is 0 Å². The smallest absolute Gasteiger partial charge is 0.0431 e. The van der Waals surface area contributed by atoms with Gasteiger partial charge in [0.15, 0.2) is 0 Å². The zero-order valence-electron chi connectivity index (χ0n) is 25.7. The summed E-state index contributed by atoms with van der Waals surface area (Å²) < 4.78 is 0. The van der Waals surface area contributed by atoms with E-state index in [9.17, 15) is 0 Å². The summed E-state index contributed by atoms with van der Waals surface area (Å²) in [4.78, 5) is 0. The van der Waals surface area contributed by atoms with Crippen molar-refractivity contribution in [1.82, 2.24) is 0 Å². The molecule has 0 aromatic rings. The molecule has 0 heterocycles. The molecule has 0 aliphatic heterocycles. The molecule has 4 rings (SSSR count). The molecule has 4 aliphatic carbocycles. The lowest BCUT2D eigenvalue weighted by Crippen LogP contribution is -2.50. The molecule has 2 unspecified atom stereocenters.